The summed E-state index contributed by atoms with van der Waals surface area (Å²) in [4.78, 5) is 0. The topological polar surface area (TPSA) is 30.5 Å². The van der Waals surface area contributed by atoms with Gasteiger partial charge in [-0.1, -0.05) is 6.07 Å². The zero-order chi connectivity index (χ0) is 14.6. The molecule has 0 spiro atoms. The van der Waals surface area contributed by atoms with Crippen LogP contribution in [0.25, 0.3) is 0 Å². The minimum atomic E-state index is -0.116. The Morgan fingerprint density at radius 1 is 1.21 bits per heavy atom. The Bertz CT molecular complexity index is 427. The highest BCUT2D eigenvalue weighted by atomic mass is 16.5. The molecule has 0 aliphatic carbocycles. The lowest BCUT2D eigenvalue weighted by Gasteiger charge is -2.28. The maximum Gasteiger partial charge on any atom is 0.126 e. The van der Waals surface area contributed by atoms with Gasteiger partial charge in [-0.2, -0.15) is 0 Å². The van der Waals surface area contributed by atoms with Crippen LogP contribution in [-0.4, -0.2) is 25.9 Å². The highest BCUT2D eigenvalue weighted by Crippen LogP contribution is 2.30. The Morgan fingerprint density at radius 2 is 1.84 bits per heavy atom. The van der Waals surface area contributed by atoms with Crippen molar-refractivity contribution in [1.82, 2.24) is 0 Å². The number of anilines is 1. The van der Waals surface area contributed by atoms with Gasteiger partial charge >= 0.3 is 0 Å². The van der Waals surface area contributed by atoms with Crippen LogP contribution in [0.1, 0.15) is 38.3 Å². The molecule has 0 aliphatic heterocycles. The zero-order valence-electron chi connectivity index (χ0n) is 13.3. The molecule has 0 aromatic heterocycles. The van der Waals surface area contributed by atoms with E-state index in [4.69, 9.17) is 9.47 Å². The minimum Gasteiger partial charge on any atom is -0.496 e. The van der Waals surface area contributed by atoms with E-state index in [1.807, 2.05) is 0 Å². The van der Waals surface area contributed by atoms with E-state index in [1.165, 1.54) is 0 Å². The summed E-state index contributed by atoms with van der Waals surface area (Å²) in [5, 5.41) is 3.54. The summed E-state index contributed by atoms with van der Waals surface area (Å²) in [6, 6.07) is 4.53. The van der Waals surface area contributed by atoms with Gasteiger partial charge < -0.3 is 14.8 Å². The third-order valence-corrected chi connectivity index (χ3v) is 3.56. The number of methoxy groups -OCH3 is 2. The van der Waals surface area contributed by atoms with Gasteiger partial charge in [-0.3, -0.25) is 0 Å². The molecule has 0 aliphatic rings. The van der Waals surface area contributed by atoms with Gasteiger partial charge in [0.25, 0.3) is 0 Å². The standard InChI is InChI=1S/C16H27NO2/c1-11-8-9-14(13(3)15(11)18-6)17-12(2)10-16(4,5)19-7/h8-9,12,17H,10H2,1-7H3. The van der Waals surface area contributed by atoms with Gasteiger partial charge in [0.05, 0.1) is 12.7 Å². The smallest absolute Gasteiger partial charge is 0.126 e. The average molecular weight is 265 g/mol. The second-order valence-corrected chi connectivity index (χ2v) is 5.80. The summed E-state index contributed by atoms with van der Waals surface area (Å²) in [5.74, 6) is 0.961. The molecule has 0 bridgehead atoms. The lowest BCUT2D eigenvalue weighted by atomic mass is 9.99. The molecule has 1 N–H and O–H groups in total. The quantitative estimate of drug-likeness (QED) is 0.845. The summed E-state index contributed by atoms with van der Waals surface area (Å²) in [6.45, 7) is 10.5. The first-order valence-electron chi connectivity index (χ1n) is 6.76. The maximum absolute atomic E-state index is 5.48. The van der Waals surface area contributed by atoms with Gasteiger partial charge in [0.15, 0.2) is 0 Å². The first kappa shape index (κ1) is 15.8. The molecule has 1 aromatic rings. The summed E-state index contributed by atoms with van der Waals surface area (Å²) >= 11 is 0. The maximum atomic E-state index is 5.48. The number of benzene rings is 1. The van der Waals surface area contributed by atoms with Crippen LogP contribution in [0, 0.1) is 13.8 Å². The number of hydrogen-bond acceptors (Lipinski definition) is 3. The molecule has 1 unspecified atom stereocenters. The summed E-state index contributed by atoms with van der Waals surface area (Å²) in [7, 11) is 3.48. The Hall–Kier alpha value is -1.22. The second kappa shape index (κ2) is 6.29. The van der Waals surface area contributed by atoms with Crippen molar-refractivity contribution in [2.75, 3.05) is 19.5 Å². The van der Waals surface area contributed by atoms with Gasteiger partial charge in [-0.25, -0.2) is 0 Å². The lowest BCUT2D eigenvalue weighted by molar-refractivity contribution is 0.0128. The SMILES string of the molecule is COc1c(C)ccc(NC(C)CC(C)(C)OC)c1C. The molecular formula is C16H27NO2. The molecule has 0 saturated carbocycles. The zero-order valence-corrected chi connectivity index (χ0v) is 13.3. The van der Waals surface area contributed by atoms with Crippen molar-refractivity contribution in [2.45, 2.75) is 52.7 Å². The van der Waals surface area contributed by atoms with Crippen LogP contribution >= 0.6 is 0 Å². The monoisotopic (exact) mass is 265 g/mol. The van der Waals surface area contributed by atoms with E-state index in [-0.39, 0.29) is 5.60 Å². The molecule has 1 atom stereocenters. The molecule has 1 aromatic carbocycles. The number of ether oxygens (including phenoxy) is 2. The van der Waals surface area contributed by atoms with Crippen LogP contribution in [0.15, 0.2) is 12.1 Å². The van der Waals surface area contributed by atoms with Crippen molar-refractivity contribution in [3.8, 4) is 5.75 Å². The largest absolute Gasteiger partial charge is 0.496 e. The van der Waals surface area contributed by atoms with Crippen molar-refractivity contribution >= 4 is 5.69 Å². The molecule has 0 amide bonds. The van der Waals surface area contributed by atoms with E-state index in [1.54, 1.807) is 14.2 Å². The Morgan fingerprint density at radius 3 is 2.37 bits per heavy atom. The van der Waals surface area contributed by atoms with Crippen molar-refractivity contribution in [3.63, 3.8) is 0 Å². The third-order valence-electron chi connectivity index (χ3n) is 3.56. The number of nitrogens with one attached hydrogen (secondary N) is 1. The average Bonchev–Trinajstić information content (AvgIpc) is 2.33. The van der Waals surface area contributed by atoms with Gasteiger partial charge in [0.2, 0.25) is 0 Å². The van der Waals surface area contributed by atoms with Crippen LogP contribution in [0.5, 0.6) is 5.75 Å². The highest BCUT2D eigenvalue weighted by Gasteiger charge is 2.20. The van der Waals surface area contributed by atoms with E-state index < -0.39 is 0 Å². The first-order valence-corrected chi connectivity index (χ1v) is 6.76. The molecule has 19 heavy (non-hydrogen) atoms. The van der Waals surface area contributed by atoms with E-state index in [2.05, 4.69) is 52.1 Å². The van der Waals surface area contributed by atoms with Crippen LogP contribution in [0.4, 0.5) is 5.69 Å². The fourth-order valence-corrected chi connectivity index (χ4v) is 2.43. The van der Waals surface area contributed by atoms with Crippen LogP contribution < -0.4 is 10.1 Å². The number of rotatable bonds is 6. The fourth-order valence-electron chi connectivity index (χ4n) is 2.43. The minimum absolute atomic E-state index is 0.116. The van der Waals surface area contributed by atoms with Gasteiger partial charge in [-0.15, -0.1) is 0 Å². The summed E-state index contributed by atoms with van der Waals surface area (Å²) in [6.07, 6.45) is 0.944. The van der Waals surface area contributed by atoms with Crippen LogP contribution in [-0.2, 0) is 4.74 Å². The van der Waals surface area contributed by atoms with E-state index in [9.17, 15) is 0 Å². The Kier molecular flexibility index (Phi) is 5.24. The van der Waals surface area contributed by atoms with Gasteiger partial charge in [0, 0.05) is 24.4 Å². The molecule has 0 saturated heterocycles. The van der Waals surface area contributed by atoms with Crippen molar-refractivity contribution in [3.05, 3.63) is 23.3 Å². The van der Waals surface area contributed by atoms with E-state index in [0.29, 0.717) is 6.04 Å². The highest BCUT2D eigenvalue weighted by molar-refractivity contribution is 5.60. The van der Waals surface area contributed by atoms with Crippen LogP contribution in [0.3, 0.4) is 0 Å². The van der Waals surface area contributed by atoms with Gasteiger partial charge in [0.1, 0.15) is 5.75 Å². The molecular weight excluding hydrogens is 238 g/mol. The first-order chi connectivity index (χ1) is 8.80. The molecule has 1 rings (SSSR count). The van der Waals surface area contributed by atoms with E-state index >= 15 is 0 Å². The predicted octanol–water partition coefficient (Wildman–Crippen LogP) is 3.93. The van der Waals surface area contributed by atoms with Crippen molar-refractivity contribution in [2.24, 2.45) is 0 Å². The van der Waals surface area contributed by atoms with Gasteiger partial charge in [-0.05, 0) is 52.7 Å². The molecule has 3 nitrogen and oxygen atoms in total. The Balaban J connectivity index is 2.83. The molecule has 0 fully saturated rings. The number of hydrogen-bond donors (Lipinski definition) is 1. The number of aryl methyl sites for hydroxylation is 1. The van der Waals surface area contributed by atoms with Crippen molar-refractivity contribution in [1.29, 1.82) is 0 Å². The molecule has 3 heteroatoms. The third kappa shape index (κ3) is 4.13. The second-order valence-electron chi connectivity index (χ2n) is 5.80. The van der Waals surface area contributed by atoms with E-state index in [0.717, 1.165) is 29.0 Å². The molecule has 108 valence electrons. The normalized spacial score (nSPS) is 13.2. The lowest BCUT2D eigenvalue weighted by Crippen LogP contribution is -2.31. The Labute approximate surface area is 117 Å². The van der Waals surface area contributed by atoms with Crippen LogP contribution in [0.2, 0.25) is 0 Å². The summed E-state index contributed by atoms with van der Waals surface area (Å²) in [5.41, 5.74) is 3.33. The summed E-state index contributed by atoms with van der Waals surface area (Å²) < 4.78 is 10.9. The van der Waals surface area contributed by atoms with Crippen molar-refractivity contribution < 1.29 is 9.47 Å². The fraction of sp³-hybridized carbons (Fsp3) is 0.625. The molecule has 0 heterocycles. The molecule has 0 radical (unpaired) electrons. The predicted molar refractivity (Wildman–Crippen MR) is 81.3 cm³/mol.